The quantitative estimate of drug-likeness (QED) is 0.737. The maximum absolute atomic E-state index is 11.1. The Bertz CT molecular complexity index is 423. The number of aryl methyl sites for hydroxylation is 1. The largest absolute Gasteiger partial charge is 0.506 e. The van der Waals surface area contributed by atoms with E-state index in [-0.39, 0.29) is 18.8 Å². The Morgan fingerprint density at radius 2 is 2.17 bits per heavy atom. The number of aliphatic hydroxyl groups excluding tert-OH is 1. The first-order valence-electron chi connectivity index (χ1n) is 5.75. The molecule has 0 saturated carbocycles. The summed E-state index contributed by atoms with van der Waals surface area (Å²) in [6, 6.07) is 3.12. The minimum atomic E-state index is -1.15. The van der Waals surface area contributed by atoms with Crippen molar-refractivity contribution >= 4 is 6.09 Å². The number of hydrogen-bond acceptors (Lipinski definition) is 4. The van der Waals surface area contributed by atoms with E-state index in [4.69, 9.17) is 5.11 Å². The van der Waals surface area contributed by atoms with Gasteiger partial charge in [-0.1, -0.05) is 6.92 Å². The summed E-state index contributed by atoms with van der Waals surface area (Å²) in [5, 5.41) is 28.1. The molecule has 1 amide bonds. The van der Waals surface area contributed by atoms with E-state index in [0.29, 0.717) is 17.8 Å². The number of pyridine rings is 1. The van der Waals surface area contributed by atoms with E-state index in [9.17, 15) is 15.0 Å². The normalized spacial score (nSPS) is 12.2. The average molecular weight is 254 g/mol. The molecule has 6 heteroatoms. The molecule has 100 valence electrons. The summed E-state index contributed by atoms with van der Waals surface area (Å²) < 4.78 is 0. The van der Waals surface area contributed by atoms with Crippen LogP contribution in [0.1, 0.15) is 24.7 Å². The van der Waals surface area contributed by atoms with Crippen LogP contribution >= 0.6 is 0 Å². The maximum atomic E-state index is 11.1. The monoisotopic (exact) mass is 254 g/mol. The van der Waals surface area contributed by atoms with Crippen LogP contribution in [0.2, 0.25) is 0 Å². The summed E-state index contributed by atoms with van der Waals surface area (Å²) in [6.45, 7) is 3.49. The van der Waals surface area contributed by atoms with E-state index < -0.39 is 12.2 Å². The smallest absolute Gasteiger partial charge is 0.407 e. The second-order valence-electron chi connectivity index (χ2n) is 4.14. The number of hydrogen-bond donors (Lipinski definition) is 3. The van der Waals surface area contributed by atoms with Gasteiger partial charge in [0.25, 0.3) is 0 Å². The molecule has 1 aromatic heterocycles. The lowest BCUT2D eigenvalue weighted by molar-refractivity contribution is 0.0906. The Morgan fingerprint density at radius 1 is 1.50 bits per heavy atom. The van der Waals surface area contributed by atoms with E-state index in [2.05, 4.69) is 4.98 Å². The lowest BCUT2D eigenvalue weighted by atomic mass is 10.2. The number of aromatic hydroxyl groups is 1. The van der Waals surface area contributed by atoms with Crippen LogP contribution in [0.3, 0.4) is 0 Å². The molecule has 3 N–H and O–H groups in total. The molecule has 1 aromatic rings. The molecule has 0 radical (unpaired) electrons. The number of nitrogens with zero attached hydrogens (tertiary/aromatic N) is 2. The summed E-state index contributed by atoms with van der Waals surface area (Å²) in [5.74, 6) is -0.0437. The number of carbonyl (C=O) groups is 1. The molecule has 6 nitrogen and oxygen atoms in total. The molecule has 1 unspecified atom stereocenters. The van der Waals surface area contributed by atoms with E-state index in [0.717, 1.165) is 4.90 Å². The fraction of sp³-hybridized carbons (Fsp3) is 0.500. The average Bonchev–Trinajstić information content (AvgIpc) is 2.32. The second-order valence-corrected chi connectivity index (χ2v) is 4.14. The second kappa shape index (κ2) is 6.20. The molecule has 0 aliphatic carbocycles. The van der Waals surface area contributed by atoms with Gasteiger partial charge in [-0.25, -0.2) is 4.79 Å². The van der Waals surface area contributed by atoms with Gasteiger partial charge in [-0.3, -0.25) is 9.88 Å². The minimum absolute atomic E-state index is 0.000888. The van der Waals surface area contributed by atoms with Crippen molar-refractivity contribution in [2.75, 3.05) is 6.54 Å². The van der Waals surface area contributed by atoms with Gasteiger partial charge in [0, 0.05) is 5.69 Å². The van der Waals surface area contributed by atoms with Crippen LogP contribution in [-0.4, -0.2) is 43.9 Å². The van der Waals surface area contributed by atoms with Crippen molar-refractivity contribution in [3.63, 3.8) is 0 Å². The molecule has 1 heterocycles. The van der Waals surface area contributed by atoms with Gasteiger partial charge >= 0.3 is 6.09 Å². The van der Waals surface area contributed by atoms with Crippen molar-refractivity contribution in [2.45, 2.75) is 32.9 Å². The van der Waals surface area contributed by atoms with Crippen molar-refractivity contribution in [1.82, 2.24) is 9.88 Å². The third-order valence-corrected chi connectivity index (χ3v) is 2.60. The summed E-state index contributed by atoms with van der Waals surface area (Å²) in [5.41, 5.74) is 0.991. The van der Waals surface area contributed by atoms with Gasteiger partial charge in [-0.15, -0.1) is 0 Å². The lowest BCUT2D eigenvalue weighted by Crippen LogP contribution is -2.36. The zero-order chi connectivity index (χ0) is 13.7. The number of aromatic nitrogens is 1. The van der Waals surface area contributed by atoms with Crippen molar-refractivity contribution in [3.8, 4) is 5.75 Å². The summed E-state index contributed by atoms with van der Waals surface area (Å²) in [4.78, 5) is 16.2. The molecular formula is C12H18N2O4. The Morgan fingerprint density at radius 3 is 2.72 bits per heavy atom. The molecule has 0 saturated heterocycles. The Hall–Kier alpha value is -1.82. The zero-order valence-electron chi connectivity index (χ0n) is 10.5. The molecular weight excluding hydrogens is 236 g/mol. The molecule has 0 spiro atoms. The molecule has 18 heavy (non-hydrogen) atoms. The predicted octanol–water partition coefficient (Wildman–Crippen LogP) is 1.35. The highest BCUT2D eigenvalue weighted by Crippen LogP contribution is 2.17. The van der Waals surface area contributed by atoms with Crippen LogP contribution in [0.5, 0.6) is 5.75 Å². The van der Waals surface area contributed by atoms with E-state index in [1.165, 1.54) is 6.07 Å². The van der Waals surface area contributed by atoms with E-state index in [1.807, 2.05) is 0 Å². The van der Waals surface area contributed by atoms with E-state index >= 15 is 0 Å². The van der Waals surface area contributed by atoms with Crippen LogP contribution < -0.4 is 0 Å². The molecule has 0 aliphatic rings. The number of carboxylic acid groups (broad SMARTS) is 1. The number of rotatable bonds is 5. The van der Waals surface area contributed by atoms with Crippen LogP contribution in [0.15, 0.2) is 12.1 Å². The van der Waals surface area contributed by atoms with Gasteiger partial charge in [0.2, 0.25) is 0 Å². The van der Waals surface area contributed by atoms with Crippen LogP contribution in [0.25, 0.3) is 0 Å². The first kappa shape index (κ1) is 14.2. The lowest BCUT2D eigenvalue weighted by Gasteiger charge is -2.21. The van der Waals surface area contributed by atoms with Gasteiger partial charge < -0.3 is 15.3 Å². The third kappa shape index (κ3) is 3.89. The summed E-state index contributed by atoms with van der Waals surface area (Å²) >= 11 is 0. The fourth-order valence-electron chi connectivity index (χ4n) is 1.49. The van der Waals surface area contributed by atoms with Crippen molar-refractivity contribution < 1.29 is 20.1 Å². The Balaban J connectivity index is 2.83. The fourth-order valence-corrected chi connectivity index (χ4v) is 1.49. The molecule has 1 rings (SSSR count). The van der Waals surface area contributed by atoms with Crippen LogP contribution in [0, 0.1) is 6.92 Å². The molecule has 0 aliphatic heterocycles. The van der Waals surface area contributed by atoms with Crippen LogP contribution in [0.4, 0.5) is 4.79 Å². The maximum Gasteiger partial charge on any atom is 0.407 e. The van der Waals surface area contributed by atoms with Crippen LogP contribution in [-0.2, 0) is 6.54 Å². The summed E-state index contributed by atoms with van der Waals surface area (Å²) in [6.07, 6.45) is -1.39. The third-order valence-electron chi connectivity index (χ3n) is 2.60. The Kier molecular flexibility index (Phi) is 4.91. The number of aliphatic hydroxyl groups is 1. The van der Waals surface area contributed by atoms with Crippen molar-refractivity contribution in [1.29, 1.82) is 0 Å². The van der Waals surface area contributed by atoms with Gasteiger partial charge in [-0.2, -0.15) is 0 Å². The van der Waals surface area contributed by atoms with Gasteiger partial charge in [-0.05, 0) is 25.5 Å². The summed E-state index contributed by atoms with van der Waals surface area (Å²) in [7, 11) is 0. The SMILES string of the molecule is CCC(O)CN(Cc1nc(C)ccc1O)C(=O)O. The standard InChI is InChI=1S/C12H18N2O4/c1-3-9(15)6-14(12(17)18)7-10-11(16)5-4-8(2)13-10/h4-5,9,15-16H,3,6-7H2,1-2H3,(H,17,18). The van der Waals surface area contributed by atoms with Crippen molar-refractivity contribution in [2.24, 2.45) is 0 Å². The highest BCUT2D eigenvalue weighted by molar-refractivity contribution is 5.65. The topological polar surface area (TPSA) is 93.9 Å². The van der Waals surface area contributed by atoms with Crippen molar-refractivity contribution in [3.05, 3.63) is 23.5 Å². The van der Waals surface area contributed by atoms with Gasteiger partial charge in [0.15, 0.2) is 0 Å². The predicted molar refractivity (Wildman–Crippen MR) is 65.4 cm³/mol. The number of amides is 1. The van der Waals surface area contributed by atoms with E-state index in [1.54, 1.807) is 19.9 Å². The highest BCUT2D eigenvalue weighted by atomic mass is 16.4. The molecule has 0 bridgehead atoms. The zero-order valence-corrected chi connectivity index (χ0v) is 10.5. The first-order chi connectivity index (χ1) is 8.43. The van der Waals surface area contributed by atoms with Gasteiger partial charge in [0.05, 0.1) is 19.2 Å². The highest BCUT2D eigenvalue weighted by Gasteiger charge is 2.18. The molecule has 0 fully saturated rings. The van der Waals surface area contributed by atoms with Gasteiger partial charge in [0.1, 0.15) is 11.4 Å². The molecule has 1 atom stereocenters. The first-order valence-corrected chi connectivity index (χ1v) is 5.75. The Labute approximate surface area is 106 Å². The minimum Gasteiger partial charge on any atom is -0.506 e. The molecule has 0 aromatic carbocycles.